The number of piperazine rings is 6. The largest absolute Gasteiger partial charge is 0.481 e. The van der Waals surface area contributed by atoms with Gasteiger partial charge in [0.05, 0.1) is 28.6 Å². The van der Waals surface area contributed by atoms with Gasteiger partial charge >= 0.3 is 18.2 Å². The number of halogens is 4. The van der Waals surface area contributed by atoms with E-state index < -0.39 is 11.6 Å². The third-order valence-electron chi connectivity index (χ3n) is 21.3. The summed E-state index contributed by atoms with van der Waals surface area (Å²) in [6.07, 6.45) is 16.8. The van der Waals surface area contributed by atoms with Crippen LogP contribution in [0.1, 0.15) is 108 Å². The van der Waals surface area contributed by atoms with Crippen LogP contribution in [0.25, 0.3) is 21.8 Å². The lowest BCUT2D eigenvalue weighted by atomic mass is 10.0. The quantitative estimate of drug-likeness (QED) is 0.0635. The maximum atomic E-state index is 12.4. The highest BCUT2D eigenvalue weighted by atomic mass is 35.5. The summed E-state index contributed by atoms with van der Waals surface area (Å²) < 4.78 is 10.8. The number of carboxylic acids is 1. The SMILES string of the molecule is CC(C)(C)OC(=O)N1CCNCC1.CCCc1ccc(Cl)nc1.C[C@@H]1CN(c2ccc(C#N)c3ncccc23)C[C@@H]2CN(CCc3ccc(Cl)nc3)CCN21.C[C@@H]1CN(c2ccc(C#N)c3ncccc23)C[C@@H]2CN(CCc3ccc(N4CCN(C(=O)OC(C)(C)C)CC4)nc3)CCN21.O=C(O)Cc1ccc(Cl)nc1.OCCc1ccc(Cl)nc1.[B]. The van der Waals surface area contributed by atoms with Crippen molar-refractivity contribution in [3.63, 3.8) is 0 Å². The van der Waals surface area contributed by atoms with Gasteiger partial charge in [-0.15, -0.1) is 0 Å². The zero-order valence-corrected chi connectivity index (χ0v) is 73.9. The average Bonchev–Trinajstić information content (AvgIpc) is 0.774. The Balaban J connectivity index is 0.000000186. The summed E-state index contributed by atoms with van der Waals surface area (Å²) in [6.45, 7) is 36.7. The van der Waals surface area contributed by atoms with E-state index in [9.17, 15) is 24.9 Å². The molecule has 6 fully saturated rings. The molecule has 9 aromatic rings. The Bertz CT molecular complexity index is 4790. The molecule has 121 heavy (non-hydrogen) atoms. The molecule has 6 aliphatic rings. The van der Waals surface area contributed by atoms with Gasteiger partial charge in [-0.2, -0.15) is 10.5 Å². The molecule has 641 valence electrons. The molecule has 0 spiro atoms. The predicted molar refractivity (Wildman–Crippen MR) is 481 cm³/mol. The van der Waals surface area contributed by atoms with Crippen LogP contribution in [-0.2, 0) is 46.4 Å². The molecular formula is C90H113BCl4N19O7. The van der Waals surface area contributed by atoms with Crippen molar-refractivity contribution in [2.45, 2.75) is 136 Å². The summed E-state index contributed by atoms with van der Waals surface area (Å²) >= 11 is 22.5. The number of carboxylic acid groups (broad SMARTS) is 1. The molecule has 0 saturated carbocycles. The number of nitriles is 2. The lowest BCUT2D eigenvalue weighted by Gasteiger charge is -2.51. The Morgan fingerprint density at radius 3 is 1.26 bits per heavy atom. The predicted octanol–water partition coefficient (Wildman–Crippen LogP) is 13.4. The van der Waals surface area contributed by atoms with Gasteiger partial charge in [-0.3, -0.25) is 24.6 Å². The van der Waals surface area contributed by atoms with Crippen molar-refractivity contribution < 1.29 is 34.1 Å². The summed E-state index contributed by atoms with van der Waals surface area (Å²) in [7, 11) is 0. The molecule has 6 aliphatic heterocycles. The molecular weight excluding hydrogens is 1610 g/mol. The molecule has 2 aromatic carbocycles. The van der Waals surface area contributed by atoms with Crippen molar-refractivity contribution in [1.29, 1.82) is 10.5 Å². The number of benzene rings is 2. The second kappa shape index (κ2) is 46.6. The molecule has 6 saturated heterocycles. The van der Waals surface area contributed by atoms with E-state index in [2.05, 4.69) is 145 Å². The fourth-order valence-electron chi connectivity index (χ4n) is 15.4. The molecule has 13 heterocycles. The number of nitrogens with one attached hydrogen (secondary N) is 1. The molecule has 31 heteroatoms. The summed E-state index contributed by atoms with van der Waals surface area (Å²) in [6, 6.07) is 41.5. The first-order valence-corrected chi connectivity index (χ1v) is 42.8. The summed E-state index contributed by atoms with van der Waals surface area (Å²) in [5.74, 6) is 0.0992. The number of aryl methyl sites for hydroxylation is 1. The summed E-state index contributed by atoms with van der Waals surface area (Å²) in [5.41, 5.74) is 9.73. The van der Waals surface area contributed by atoms with Gasteiger partial charge in [-0.1, -0.05) is 90.1 Å². The number of aliphatic hydroxyl groups is 1. The lowest BCUT2D eigenvalue weighted by molar-refractivity contribution is -0.136. The zero-order valence-electron chi connectivity index (χ0n) is 70.9. The topological polar surface area (TPSA) is 289 Å². The smallest absolute Gasteiger partial charge is 0.410 e. The van der Waals surface area contributed by atoms with Gasteiger partial charge in [0.15, 0.2) is 0 Å². The maximum Gasteiger partial charge on any atom is 0.410 e. The molecule has 4 atom stereocenters. The fraction of sp³-hybridized carbons (Fsp3) is 0.467. The molecule has 3 N–H and O–H groups in total. The Hall–Kier alpha value is -9.62. The minimum Gasteiger partial charge on any atom is -0.481 e. The van der Waals surface area contributed by atoms with Gasteiger partial charge in [0.1, 0.15) is 49.8 Å². The van der Waals surface area contributed by atoms with Gasteiger partial charge < -0.3 is 59.3 Å². The minimum absolute atomic E-state index is 0. The summed E-state index contributed by atoms with van der Waals surface area (Å²) in [5, 5.41) is 43.3. The molecule has 0 bridgehead atoms. The number of hydrogen-bond donors (Lipinski definition) is 3. The molecule has 0 unspecified atom stereocenters. The van der Waals surface area contributed by atoms with E-state index in [0.29, 0.717) is 81.0 Å². The number of carbonyl (C=O) groups excluding carboxylic acids is 2. The number of pyridine rings is 7. The first kappa shape index (κ1) is 95.2. The van der Waals surface area contributed by atoms with Gasteiger partial charge in [0, 0.05) is 236 Å². The summed E-state index contributed by atoms with van der Waals surface area (Å²) in [4.78, 5) is 84.9. The number of nitrogens with zero attached hydrogens (tertiary/aromatic N) is 18. The van der Waals surface area contributed by atoms with Gasteiger partial charge in [-0.05, 0) is 188 Å². The van der Waals surface area contributed by atoms with Crippen LogP contribution < -0.4 is 20.0 Å². The van der Waals surface area contributed by atoms with Crippen molar-refractivity contribution in [2.75, 3.05) is 152 Å². The highest BCUT2D eigenvalue weighted by Crippen LogP contribution is 2.35. The monoisotopic (exact) mass is 1720 g/mol. The minimum atomic E-state index is -0.867. The Morgan fingerprint density at radius 2 is 0.884 bits per heavy atom. The number of carbonyl (C=O) groups is 3. The van der Waals surface area contributed by atoms with Crippen LogP contribution in [0, 0.1) is 22.7 Å². The first-order valence-electron chi connectivity index (χ1n) is 41.3. The fourth-order valence-corrected chi connectivity index (χ4v) is 15.9. The number of amides is 2. The van der Waals surface area contributed by atoms with Crippen molar-refractivity contribution in [3.05, 3.63) is 212 Å². The average molecular weight is 1730 g/mol. The molecule has 7 aromatic heterocycles. The number of aliphatic hydroxyl groups excluding tert-OH is 1. The molecule has 2 amide bonds. The number of anilines is 3. The number of aromatic nitrogens is 7. The van der Waals surface area contributed by atoms with Crippen LogP contribution in [0.15, 0.2) is 153 Å². The van der Waals surface area contributed by atoms with Gasteiger partial charge in [-0.25, -0.2) is 34.5 Å². The number of rotatable bonds is 15. The highest BCUT2D eigenvalue weighted by Gasteiger charge is 2.39. The van der Waals surface area contributed by atoms with E-state index in [1.165, 1.54) is 34.3 Å². The first-order chi connectivity index (χ1) is 57.6. The van der Waals surface area contributed by atoms with E-state index >= 15 is 0 Å². The number of aliphatic carboxylic acids is 1. The lowest BCUT2D eigenvalue weighted by Crippen LogP contribution is -2.65. The van der Waals surface area contributed by atoms with Crippen LogP contribution in [0.3, 0.4) is 0 Å². The van der Waals surface area contributed by atoms with Crippen molar-refractivity contribution in [1.82, 2.24) is 69.6 Å². The highest BCUT2D eigenvalue weighted by molar-refractivity contribution is 6.30. The van der Waals surface area contributed by atoms with E-state index in [4.69, 9.17) is 71.1 Å². The van der Waals surface area contributed by atoms with Crippen LogP contribution in [0.2, 0.25) is 20.6 Å². The Kier molecular flexibility index (Phi) is 36.7. The van der Waals surface area contributed by atoms with Crippen LogP contribution in [0.4, 0.5) is 26.8 Å². The Morgan fingerprint density at radius 1 is 0.479 bits per heavy atom. The van der Waals surface area contributed by atoms with Gasteiger partial charge in [0.25, 0.3) is 0 Å². The van der Waals surface area contributed by atoms with Crippen LogP contribution in [0.5, 0.6) is 0 Å². The molecule has 26 nitrogen and oxygen atoms in total. The normalized spacial score (nSPS) is 18.2. The maximum absolute atomic E-state index is 12.4. The van der Waals surface area contributed by atoms with Crippen molar-refractivity contribution >= 4 is 112 Å². The zero-order chi connectivity index (χ0) is 85.9. The Labute approximate surface area is 734 Å². The molecule has 0 aliphatic carbocycles. The third-order valence-corrected chi connectivity index (χ3v) is 22.2. The van der Waals surface area contributed by atoms with E-state index in [0.717, 1.165) is 177 Å². The molecule has 3 radical (unpaired) electrons. The van der Waals surface area contributed by atoms with Crippen LogP contribution in [-0.4, -0.2) is 274 Å². The molecule has 15 rings (SSSR count). The van der Waals surface area contributed by atoms with Crippen molar-refractivity contribution in [3.8, 4) is 12.1 Å². The number of fused-ring (bicyclic) bond motifs is 4. The second-order valence-electron chi connectivity index (χ2n) is 32.6. The number of ether oxygens (including phenoxy) is 2. The van der Waals surface area contributed by atoms with Gasteiger partial charge in [0.2, 0.25) is 0 Å². The second-order valence-corrected chi connectivity index (χ2v) is 34.2. The third kappa shape index (κ3) is 29.3. The van der Waals surface area contributed by atoms with Crippen LogP contribution >= 0.6 is 46.4 Å². The standard InChI is InChI=1S/C34H44N8O2.C25H27ClN6.C9H18N2O2.C8H10ClN.C7H6ClNO2.C7H8ClNO.B/c1-25-22-41(30-9-8-27(20-35)32-29(30)6-5-12-36-32)24-28-23-38(14-19-42(25)28)13-11-26-7-10-31(37-21-26)39-15-17-40(18-16-39)33(43)44-34(2,3)4;1-18-15-31(23-6-5-20(13-27)25-22(23)3-2-9-28-25)17-21-16-30(11-12-32(18)21)10-8-19-4-7-24(26)29-14-19;1-9(2,3)13-8(12)11-6-4-10-5-7-11;1-2-3-7-4-5-8(9)10-6-7;8-6-2-1-5(4-9-6)3-7(10)11;8-7-2-1-6(3-4-10)5-9-7;/h5-10,12,21,25,28H,11,13-19,22-24H2,1-4H3;2-7,9,14,18,21H,8,10-12,15-17H2,1H3;10H,4-7H2,1-3H3;4-6H,2-3H2,1H3;1-2,4H,3H2,(H,10,11);1-2,5,10H,3-4H2;/t25-,28+;18-,21+;;;;;/m11...../s1. The van der Waals surface area contributed by atoms with Crippen molar-refractivity contribution in [2.24, 2.45) is 0 Å². The van der Waals surface area contributed by atoms with E-state index in [-0.39, 0.29) is 39.2 Å². The van der Waals surface area contributed by atoms with E-state index in [1.54, 1.807) is 46.6 Å². The number of hydrogen-bond acceptors (Lipinski definition) is 23. The van der Waals surface area contributed by atoms with E-state index in [1.807, 2.05) is 109 Å².